The summed E-state index contributed by atoms with van der Waals surface area (Å²) in [6.07, 6.45) is -1.56. The number of ether oxygens (including phenoxy) is 1. The highest BCUT2D eigenvalue weighted by molar-refractivity contribution is 5.58. The van der Waals surface area contributed by atoms with Crippen molar-refractivity contribution >= 4 is 5.69 Å². The van der Waals surface area contributed by atoms with Crippen molar-refractivity contribution in [3.63, 3.8) is 0 Å². The Morgan fingerprint density at radius 2 is 2.33 bits per heavy atom. The molecule has 0 aliphatic heterocycles. The molecule has 0 aromatic carbocycles. The number of anilines is 1. The summed E-state index contributed by atoms with van der Waals surface area (Å²) in [7, 11) is 1.23. The van der Waals surface area contributed by atoms with Gasteiger partial charge in [-0.3, -0.25) is 0 Å². The molecular weight excluding hydrogens is 204 g/mol. The van der Waals surface area contributed by atoms with Crippen molar-refractivity contribution < 1.29 is 13.5 Å². The van der Waals surface area contributed by atoms with Crippen LogP contribution in [0.4, 0.5) is 14.5 Å². The SMILES string of the molecule is COc1ncc(CC#N)c(N)c1C(F)F. The predicted octanol–water partition coefficient (Wildman–Crippen LogP) is 1.68. The summed E-state index contributed by atoms with van der Waals surface area (Å²) >= 11 is 0. The highest BCUT2D eigenvalue weighted by Crippen LogP contribution is 2.34. The minimum Gasteiger partial charge on any atom is -0.481 e. The number of nitrogens with two attached hydrogens (primary N) is 1. The molecule has 0 saturated heterocycles. The molecule has 0 bridgehead atoms. The maximum absolute atomic E-state index is 12.6. The Bertz CT molecular complexity index is 401. The van der Waals surface area contributed by atoms with Gasteiger partial charge in [-0.1, -0.05) is 0 Å². The van der Waals surface area contributed by atoms with Crippen molar-refractivity contribution in [3.8, 4) is 11.9 Å². The van der Waals surface area contributed by atoms with Crippen molar-refractivity contribution in [3.05, 3.63) is 17.3 Å². The van der Waals surface area contributed by atoms with E-state index in [-0.39, 0.29) is 23.6 Å². The van der Waals surface area contributed by atoms with E-state index >= 15 is 0 Å². The van der Waals surface area contributed by atoms with E-state index in [1.165, 1.54) is 13.3 Å². The highest BCUT2D eigenvalue weighted by Gasteiger charge is 2.21. The lowest BCUT2D eigenvalue weighted by molar-refractivity contribution is 0.147. The molecule has 4 nitrogen and oxygen atoms in total. The molecule has 2 N–H and O–H groups in total. The molecule has 0 unspecified atom stereocenters. The van der Waals surface area contributed by atoms with Crippen LogP contribution in [0.1, 0.15) is 17.6 Å². The van der Waals surface area contributed by atoms with Gasteiger partial charge in [-0.25, -0.2) is 13.8 Å². The monoisotopic (exact) mass is 213 g/mol. The lowest BCUT2D eigenvalue weighted by Gasteiger charge is -2.11. The van der Waals surface area contributed by atoms with E-state index in [4.69, 9.17) is 11.0 Å². The number of hydrogen-bond acceptors (Lipinski definition) is 4. The van der Waals surface area contributed by atoms with Gasteiger partial charge in [0.1, 0.15) is 5.56 Å². The molecule has 0 aliphatic carbocycles. The topological polar surface area (TPSA) is 71.9 Å². The average molecular weight is 213 g/mol. The van der Waals surface area contributed by atoms with E-state index in [0.29, 0.717) is 0 Å². The van der Waals surface area contributed by atoms with Crippen LogP contribution in [-0.2, 0) is 6.42 Å². The largest absolute Gasteiger partial charge is 0.481 e. The molecule has 6 heteroatoms. The van der Waals surface area contributed by atoms with Crippen molar-refractivity contribution in [2.24, 2.45) is 0 Å². The third kappa shape index (κ3) is 2.13. The number of nitriles is 1. The Kier molecular flexibility index (Phi) is 3.39. The summed E-state index contributed by atoms with van der Waals surface area (Å²) < 4.78 is 29.9. The molecule has 0 spiro atoms. The first-order valence-corrected chi connectivity index (χ1v) is 4.08. The second-order valence-corrected chi connectivity index (χ2v) is 2.76. The van der Waals surface area contributed by atoms with Crippen LogP contribution >= 0.6 is 0 Å². The Hall–Kier alpha value is -1.90. The second kappa shape index (κ2) is 4.55. The fraction of sp³-hybridized carbons (Fsp3) is 0.333. The minimum absolute atomic E-state index is 0.0530. The third-order valence-corrected chi connectivity index (χ3v) is 1.89. The molecule has 0 saturated carbocycles. The van der Waals surface area contributed by atoms with Gasteiger partial charge in [-0.15, -0.1) is 0 Å². The standard InChI is InChI=1S/C9H9F2N3O/c1-15-9-6(8(10)11)7(13)5(2-3-12)4-14-9/h4,8H,2H2,1H3,(H2,13,14). The van der Waals surface area contributed by atoms with E-state index in [2.05, 4.69) is 9.72 Å². The zero-order valence-corrected chi connectivity index (χ0v) is 8.00. The van der Waals surface area contributed by atoms with Crippen LogP contribution in [-0.4, -0.2) is 12.1 Å². The first-order valence-electron chi connectivity index (χ1n) is 4.08. The van der Waals surface area contributed by atoms with E-state index in [9.17, 15) is 8.78 Å². The molecule has 0 fully saturated rings. The maximum atomic E-state index is 12.6. The lowest BCUT2D eigenvalue weighted by atomic mass is 10.1. The summed E-state index contributed by atoms with van der Waals surface area (Å²) in [5.41, 5.74) is 5.20. The summed E-state index contributed by atoms with van der Waals surface area (Å²) in [4.78, 5) is 3.66. The normalized spacial score (nSPS) is 10.1. The molecule has 0 radical (unpaired) electrons. The van der Waals surface area contributed by atoms with Crippen LogP contribution in [0.2, 0.25) is 0 Å². The van der Waals surface area contributed by atoms with Gasteiger partial charge in [0.2, 0.25) is 5.88 Å². The molecule has 1 heterocycles. The van der Waals surface area contributed by atoms with Crippen LogP contribution in [0.25, 0.3) is 0 Å². The second-order valence-electron chi connectivity index (χ2n) is 2.76. The van der Waals surface area contributed by atoms with Crippen molar-refractivity contribution in [2.75, 3.05) is 12.8 Å². The average Bonchev–Trinajstić information content (AvgIpc) is 2.20. The number of hydrogen-bond donors (Lipinski definition) is 1. The Morgan fingerprint density at radius 3 is 2.80 bits per heavy atom. The van der Waals surface area contributed by atoms with Gasteiger partial charge in [-0.05, 0) is 0 Å². The Labute approximate surface area is 85.3 Å². The van der Waals surface area contributed by atoms with Crippen LogP contribution in [0.5, 0.6) is 5.88 Å². The molecule has 15 heavy (non-hydrogen) atoms. The van der Waals surface area contributed by atoms with Gasteiger partial charge in [0.05, 0.1) is 25.3 Å². The summed E-state index contributed by atoms with van der Waals surface area (Å²) in [6, 6.07) is 1.82. The molecule has 0 atom stereocenters. The number of pyridine rings is 1. The van der Waals surface area contributed by atoms with E-state index in [1.54, 1.807) is 0 Å². The zero-order chi connectivity index (χ0) is 11.4. The van der Waals surface area contributed by atoms with Crippen molar-refractivity contribution in [1.82, 2.24) is 4.98 Å². The third-order valence-electron chi connectivity index (χ3n) is 1.89. The number of nitrogen functional groups attached to an aromatic ring is 1. The summed E-state index contributed by atoms with van der Waals surface area (Å²) in [5, 5.41) is 8.45. The summed E-state index contributed by atoms with van der Waals surface area (Å²) in [6.45, 7) is 0. The molecule has 0 aliphatic rings. The first kappa shape index (κ1) is 11.2. The quantitative estimate of drug-likeness (QED) is 0.828. The van der Waals surface area contributed by atoms with Gasteiger partial charge in [0.25, 0.3) is 6.43 Å². The maximum Gasteiger partial charge on any atom is 0.271 e. The zero-order valence-electron chi connectivity index (χ0n) is 8.00. The van der Waals surface area contributed by atoms with Gasteiger partial charge in [0, 0.05) is 11.8 Å². The van der Waals surface area contributed by atoms with Gasteiger partial charge >= 0.3 is 0 Å². The number of aromatic nitrogens is 1. The molecule has 0 amide bonds. The fourth-order valence-corrected chi connectivity index (χ4v) is 1.16. The van der Waals surface area contributed by atoms with E-state index in [0.717, 1.165) is 0 Å². The summed E-state index contributed by atoms with van der Waals surface area (Å²) in [5.74, 6) is -0.204. The Morgan fingerprint density at radius 1 is 1.67 bits per heavy atom. The van der Waals surface area contributed by atoms with Gasteiger partial charge in [-0.2, -0.15) is 5.26 Å². The van der Waals surface area contributed by atoms with Crippen LogP contribution in [0.3, 0.4) is 0 Å². The molecule has 1 aromatic heterocycles. The highest BCUT2D eigenvalue weighted by atomic mass is 19.3. The molecule has 1 aromatic rings. The number of halogens is 2. The number of nitrogens with zero attached hydrogens (tertiary/aromatic N) is 2. The number of alkyl halides is 2. The first-order chi connectivity index (χ1) is 7.11. The fourth-order valence-electron chi connectivity index (χ4n) is 1.16. The van der Waals surface area contributed by atoms with E-state index in [1.807, 2.05) is 6.07 Å². The van der Waals surface area contributed by atoms with Crippen molar-refractivity contribution in [1.29, 1.82) is 5.26 Å². The van der Waals surface area contributed by atoms with Crippen LogP contribution in [0, 0.1) is 11.3 Å². The molecular formula is C9H9F2N3O. The minimum atomic E-state index is -2.77. The predicted molar refractivity (Wildman–Crippen MR) is 49.5 cm³/mol. The molecule has 80 valence electrons. The van der Waals surface area contributed by atoms with Gasteiger partial charge < -0.3 is 10.5 Å². The van der Waals surface area contributed by atoms with Crippen LogP contribution < -0.4 is 10.5 Å². The van der Waals surface area contributed by atoms with Gasteiger partial charge in [0.15, 0.2) is 0 Å². The molecule has 1 rings (SSSR count). The number of methoxy groups -OCH3 is 1. The van der Waals surface area contributed by atoms with Crippen molar-refractivity contribution in [2.45, 2.75) is 12.8 Å². The van der Waals surface area contributed by atoms with Crippen LogP contribution in [0.15, 0.2) is 6.20 Å². The lowest BCUT2D eigenvalue weighted by Crippen LogP contribution is -2.05. The van der Waals surface area contributed by atoms with E-state index < -0.39 is 12.0 Å². The smallest absolute Gasteiger partial charge is 0.271 e. The Balaban J connectivity index is 3.30. The number of rotatable bonds is 3.